The lowest BCUT2D eigenvalue weighted by molar-refractivity contribution is -0.130. The number of carbonyl (C=O) groups is 1. The van der Waals surface area contributed by atoms with Gasteiger partial charge in [-0.25, -0.2) is 0 Å². The van der Waals surface area contributed by atoms with Gasteiger partial charge in [-0.1, -0.05) is 49.4 Å². The van der Waals surface area contributed by atoms with Gasteiger partial charge in [0.05, 0.1) is 0 Å². The molecule has 1 saturated heterocycles. The van der Waals surface area contributed by atoms with Crippen molar-refractivity contribution in [2.75, 3.05) is 26.7 Å². The smallest absolute Gasteiger partial charge is 0.222 e. The first-order chi connectivity index (χ1) is 10.2. The van der Waals surface area contributed by atoms with E-state index < -0.39 is 0 Å². The fraction of sp³-hybridized carbons (Fsp3) is 0.500. The molecule has 21 heavy (non-hydrogen) atoms. The summed E-state index contributed by atoms with van der Waals surface area (Å²) in [7, 11) is 1.92. The molecule has 1 heterocycles. The van der Waals surface area contributed by atoms with Crippen LogP contribution >= 0.6 is 0 Å². The minimum atomic E-state index is 0.238. The minimum absolute atomic E-state index is 0.238. The molecule has 3 nitrogen and oxygen atoms in total. The molecule has 3 heteroatoms. The summed E-state index contributed by atoms with van der Waals surface area (Å²) in [5.41, 5.74) is 1.24. The number of hydrogen-bond acceptors (Lipinski definition) is 2. The molecule has 0 radical (unpaired) electrons. The van der Waals surface area contributed by atoms with Crippen molar-refractivity contribution in [2.45, 2.75) is 32.2 Å². The highest BCUT2D eigenvalue weighted by Crippen LogP contribution is 2.18. The van der Waals surface area contributed by atoms with Crippen LogP contribution in [0.25, 0.3) is 6.08 Å². The predicted octanol–water partition coefficient (Wildman–Crippen LogP) is 3.03. The molecule has 1 fully saturated rings. The third kappa shape index (κ3) is 4.71. The summed E-state index contributed by atoms with van der Waals surface area (Å²) >= 11 is 0. The zero-order chi connectivity index (χ0) is 15.1. The van der Waals surface area contributed by atoms with Gasteiger partial charge < -0.3 is 4.90 Å². The zero-order valence-corrected chi connectivity index (χ0v) is 13.2. The second-order valence-corrected chi connectivity index (χ2v) is 5.73. The van der Waals surface area contributed by atoms with Crippen molar-refractivity contribution in [3.63, 3.8) is 0 Å². The van der Waals surface area contributed by atoms with Crippen molar-refractivity contribution in [3.05, 3.63) is 42.0 Å². The molecule has 0 saturated carbocycles. The number of likely N-dealkylation sites (tertiary alicyclic amines) is 1. The van der Waals surface area contributed by atoms with E-state index in [9.17, 15) is 4.79 Å². The molecule has 1 aliphatic rings. The van der Waals surface area contributed by atoms with E-state index in [1.54, 1.807) is 0 Å². The number of rotatable bonds is 6. The minimum Gasteiger partial charge on any atom is -0.344 e. The highest BCUT2D eigenvalue weighted by Gasteiger charge is 2.25. The van der Waals surface area contributed by atoms with Crippen LogP contribution in [0.2, 0.25) is 0 Å². The van der Waals surface area contributed by atoms with Crippen molar-refractivity contribution in [3.8, 4) is 0 Å². The quantitative estimate of drug-likeness (QED) is 0.802. The van der Waals surface area contributed by atoms with Gasteiger partial charge in [0.25, 0.3) is 0 Å². The Morgan fingerprint density at radius 2 is 2.14 bits per heavy atom. The van der Waals surface area contributed by atoms with Gasteiger partial charge in [0, 0.05) is 32.6 Å². The van der Waals surface area contributed by atoms with E-state index in [-0.39, 0.29) is 5.91 Å². The van der Waals surface area contributed by atoms with E-state index >= 15 is 0 Å². The van der Waals surface area contributed by atoms with Crippen molar-refractivity contribution >= 4 is 12.0 Å². The van der Waals surface area contributed by atoms with Crippen LogP contribution in [0.4, 0.5) is 0 Å². The average molecular weight is 286 g/mol. The van der Waals surface area contributed by atoms with Crippen molar-refractivity contribution in [1.82, 2.24) is 9.80 Å². The van der Waals surface area contributed by atoms with E-state index in [1.807, 2.05) is 24.9 Å². The maximum Gasteiger partial charge on any atom is 0.222 e. The zero-order valence-electron chi connectivity index (χ0n) is 13.2. The Kier molecular flexibility index (Phi) is 6.00. The molecule has 114 valence electrons. The molecule has 0 N–H and O–H groups in total. The van der Waals surface area contributed by atoms with E-state index in [0.29, 0.717) is 12.5 Å². The SMILES string of the molecule is CCC(=O)N(C)CC1CCCN1C/C=C/c1ccccc1. The topological polar surface area (TPSA) is 23.6 Å². The molecule has 0 bridgehead atoms. The van der Waals surface area contributed by atoms with Gasteiger partial charge >= 0.3 is 0 Å². The summed E-state index contributed by atoms with van der Waals surface area (Å²) in [5, 5.41) is 0. The van der Waals surface area contributed by atoms with Gasteiger partial charge in [-0.3, -0.25) is 9.69 Å². The van der Waals surface area contributed by atoms with Gasteiger partial charge in [-0.15, -0.1) is 0 Å². The summed E-state index contributed by atoms with van der Waals surface area (Å²) in [4.78, 5) is 16.1. The molecule has 1 amide bonds. The third-order valence-electron chi connectivity index (χ3n) is 4.16. The number of hydrogen-bond donors (Lipinski definition) is 0. The first kappa shape index (κ1) is 15.8. The Morgan fingerprint density at radius 3 is 2.86 bits per heavy atom. The lowest BCUT2D eigenvalue weighted by atomic mass is 10.2. The van der Waals surface area contributed by atoms with Crippen LogP contribution in [-0.2, 0) is 4.79 Å². The highest BCUT2D eigenvalue weighted by atomic mass is 16.2. The molecule has 2 rings (SSSR count). The Morgan fingerprint density at radius 1 is 1.38 bits per heavy atom. The molecule has 1 aromatic rings. The molecule has 1 atom stereocenters. The van der Waals surface area contributed by atoms with Crippen LogP contribution in [0.15, 0.2) is 36.4 Å². The first-order valence-electron chi connectivity index (χ1n) is 7.90. The van der Waals surface area contributed by atoms with Crippen LogP contribution in [-0.4, -0.2) is 48.4 Å². The summed E-state index contributed by atoms with van der Waals surface area (Å²) in [6.07, 6.45) is 7.43. The van der Waals surface area contributed by atoms with E-state index in [0.717, 1.165) is 19.6 Å². The molecule has 0 spiro atoms. The molecular weight excluding hydrogens is 260 g/mol. The van der Waals surface area contributed by atoms with Crippen molar-refractivity contribution in [1.29, 1.82) is 0 Å². The van der Waals surface area contributed by atoms with Gasteiger partial charge in [0.1, 0.15) is 0 Å². The van der Waals surface area contributed by atoms with Gasteiger partial charge in [-0.05, 0) is 24.9 Å². The first-order valence-corrected chi connectivity index (χ1v) is 7.90. The summed E-state index contributed by atoms with van der Waals surface area (Å²) in [5.74, 6) is 0.238. The van der Waals surface area contributed by atoms with Gasteiger partial charge in [0.2, 0.25) is 5.91 Å². The molecular formula is C18H26N2O. The Balaban J connectivity index is 1.84. The number of amides is 1. The molecule has 1 unspecified atom stereocenters. The average Bonchev–Trinajstić information content (AvgIpc) is 2.94. The maximum absolute atomic E-state index is 11.7. The van der Waals surface area contributed by atoms with E-state index in [1.165, 1.54) is 18.4 Å². The molecule has 1 aromatic carbocycles. The summed E-state index contributed by atoms with van der Waals surface area (Å²) in [6, 6.07) is 10.9. The second kappa shape index (κ2) is 7.99. The van der Waals surface area contributed by atoms with Crippen molar-refractivity contribution in [2.24, 2.45) is 0 Å². The van der Waals surface area contributed by atoms with Crippen LogP contribution < -0.4 is 0 Å². The second-order valence-electron chi connectivity index (χ2n) is 5.73. The fourth-order valence-corrected chi connectivity index (χ4v) is 2.92. The van der Waals surface area contributed by atoms with Crippen LogP contribution in [0.5, 0.6) is 0 Å². The Hall–Kier alpha value is -1.61. The normalized spacial score (nSPS) is 19.2. The number of carbonyl (C=O) groups excluding carboxylic acids is 1. The molecule has 0 aromatic heterocycles. The van der Waals surface area contributed by atoms with E-state index in [4.69, 9.17) is 0 Å². The third-order valence-corrected chi connectivity index (χ3v) is 4.16. The number of likely N-dealkylation sites (N-methyl/N-ethyl adjacent to an activating group) is 1. The number of nitrogens with zero attached hydrogens (tertiary/aromatic N) is 2. The monoisotopic (exact) mass is 286 g/mol. The highest BCUT2D eigenvalue weighted by molar-refractivity contribution is 5.75. The van der Waals surface area contributed by atoms with E-state index in [2.05, 4.69) is 41.3 Å². The lowest BCUT2D eigenvalue weighted by Crippen LogP contribution is -2.41. The maximum atomic E-state index is 11.7. The Bertz CT molecular complexity index is 469. The lowest BCUT2D eigenvalue weighted by Gasteiger charge is -2.27. The fourth-order valence-electron chi connectivity index (χ4n) is 2.92. The van der Waals surface area contributed by atoms with Gasteiger partial charge in [-0.2, -0.15) is 0 Å². The molecule has 0 aliphatic carbocycles. The van der Waals surface area contributed by atoms with Gasteiger partial charge in [0.15, 0.2) is 0 Å². The number of benzene rings is 1. The summed E-state index contributed by atoms with van der Waals surface area (Å²) in [6.45, 7) is 4.88. The predicted molar refractivity (Wildman–Crippen MR) is 88.0 cm³/mol. The molecule has 1 aliphatic heterocycles. The Labute approximate surface area is 128 Å². The van der Waals surface area contributed by atoms with Crippen LogP contribution in [0, 0.1) is 0 Å². The van der Waals surface area contributed by atoms with Crippen molar-refractivity contribution < 1.29 is 4.79 Å². The largest absolute Gasteiger partial charge is 0.344 e. The van der Waals surface area contributed by atoms with Crippen LogP contribution in [0.1, 0.15) is 31.7 Å². The standard InChI is InChI=1S/C18H26N2O/c1-3-18(21)19(2)15-17-12-8-14-20(17)13-7-11-16-9-5-4-6-10-16/h4-7,9-11,17H,3,8,12-15H2,1-2H3/b11-7+. The van der Waals surface area contributed by atoms with Crippen LogP contribution in [0.3, 0.4) is 0 Å². The summed E-state index contributed by atoms with van der Waals surface area (Å²) < 4.78 is 0.